The van der Waals surface area contributed by atoms with Crippen LogP contribution in [0.25, 0.3) is 0 Å². The van der Waals surface area contributed by atoms with E-state index < -0.39 is 11.9 Å². The van der Waals surface area contributed by atoms with Gasteiger partial charge in [0.15, 0.2) is 0 Å². The van der Waals surface area contributed by atoms with E-state index in [1.54, 1.807) is 11.3 Å². The zero-order chi connectivity index (χ0) is 14.8. The number of rotatable bonds is 3. The number of nitrogens with one attached hydrogen (secondary N) is 1. The summed E-state index contributed by atoms with van der Waals surface area (Å²) in [5.74, 6) is -1.29. The molecule has 0 radical (unpaired) electrons. The quantitative estimate of drug-likeness (QED) is 0.902. The molecule has 0 saturated heterocycles. The summed E-state index contributed by atoms with van der Waals surface area (Å²) in [6.45, 7) is 0. The number of carbonyl (C=O) groups is 2. The van der Waals surface area contributed by atoms with E-state index in [9.17, 15) is 14.7 Å². The second kappa shape index (κ2) is 6.18. The first-order valence-corrected chi connectivity index (χ1v) is 8.67. The van der Waals surface area contributed by atoms with Crippen LogP contribution >= 0.6 is 11.3 Å². The molecule has 1 heterocycles. The van der Waals surface area contributed by atoms with Crippen LogP contribution in [0.5, 0.6) is 0 Å². The topological polar surface area (TPSA) is 66.4 Å². The number of amides is 1. The number of carboxylic acids is 1. The molecule has 2 aliphatic rings. The lowest BCUT2D eigenvalue weighted by molar-refractivity contribution is -0.143. The van der Waals surface area contributed by atoms with Crippen LogP contribution in [0.2, 0.25) is 0 Å². The Morgan fingerprint density at radius 1 is 1.14 bits per heavy atom. The molecule has 2 atom stereocenters. The Balaban J connectivity index is 1.73. The van der Waals surface area contributed by atoms with Gasteiger partial charge in [-0.3, -0.25) is 9.59 Å². The second-order valence-corrected chi connectivity index (χ2v) is 7.03. The summed E-state index contributed by atoms with van der Waals surface area (Å²) in [5, 5.41) is 14.2. The number of carboxylic acid groups (broad SMARTS) is 1. The Morgan fingerprint density at radius 3 is 2.71 bits per heavy atom. The lowest BCUT2D eigenvalue weighted by atomic mass is 9.84. The van der Waals surface area contributed by atoms with E-state index in [0.717, 1.165) is 44.1 Å². The minimum atomic E-state index is -0.785. The average Bonchev–Trinajstić information content (AvgIpc) is 2.91. The number of aryl methyl sites for hydroxylation is 1. The fraction of sp³-hybridized carbons (Fsp3) is 0.625. The normalized spacial score (nSPS) is 25.1. The zero-order valence-electron chi connectivity index (χ0n) is 12.1. The van der Waals surface area contributed by atoms with Crippen molar-refractivity contribution in [1.29, 1.82) is 0 Å². The molecule has 0 aliphatic heterocycles. The van der Waals surface area contributed by atoms with Gasteiger partial charge in [0, 0.05) is 16.3 Å². The first-order chi connectivity index (χ1) is 10.2. The van der Waals surface area contributed by atoms with E-state index in [0.29, 0.717) is 6.42 Å². The second-order valence-electron chi connectivity index (χ2n) is 6.07. The Kier molecular flexibility index (Phi) is 4.29. The highest BCUT2D eigenvalue weighted by molar-refractivity contribution is 7.10. The molecular formula is C16H21NO3S. The summed E-state index contributed by atoms with van der Waals surface area (Å²) in [7, 11) is 0. The van der Waals surface area contributed by atoms with Gasteiger partial charge in [0.05, 0.1) is 11.5 Å². The van der Waals surface area contributed by atoms with Gasteiger partial charge in [-0.1, -0.05) is 12.8 Å². The molecule has 114 valence electrons. The summed E-state index contributed by atoms with van der Waals surface area (Å²) >= 11 is 1.67. The van der Waals surface area contributed by atoms with Gasteiger partial charge in [-0.15, -0.1) is 11.3 Å². The van der Waals surface area contributed by atoms with Gasteiger partial charge in [0.1, 0.15) is 0 Å². The van der Waals surface area contributed by atoms with E-state index in [4.69, 9.17) is 0 Å². The standard InChI is InChI=1S/C16H21NO3S/c18-15(12-9-21-14-8-4-2-5-10(12)14)17-13-7-3-1-6-11(13)16(19)20/h9,11,13H,1-8H2,(H,17,18)(H,19,20). The third-order valence-electron chi connectivity index (χ3n) is 4.71. The molecule has 3 rings (SSSR count). The van der Waals surface area contributed by atoms with E-state index >= 15 is 0 Å². The third kappa shape index (κ3) is 2.98. The van der Waals surface area contributed by atoms with Gasteiger partial charge in [-0.2, -0.15) is 0 Å². The summed E-state index contributed by atoms with van der Waals surface area (Å²) in [4.78, 5) is 25.2. The van der Waals surface area contributed by atoms with Crippen molar-refractivity contribution in [2.75, 3.05) is 0 Å². The van der Waals surface area contributed by atoms with Crippen LogP contribution < -0.4 is 5.32 Å². The van der Waals surface area contributed by atoms with Crippen molar-refractivity contribution < 1.29 is 14.7 Å². The van der Waals surface area contributed by atoms with Crippen molar-refractivity contribution in [3.63, 3.8) is 0 Å². The van der Waals surface area contributed by atoms with E-state index in [-0.39, 0.29) is 11.9 Å². The molecule has 0 aromatic carbocycles. The molecule has 1 amide bonds. The maximum atomic E-state index is 12.5. The highest BCUT2D eigenvalue weighted by Gasteiger charge is 2.32. The van der Waals surface area contributed by atoms with Crippen LogP contribution in [0.1, 0.15) is 59.3 Å². The van der Waals surface area contributed by atoms with Crippen LogP contribution in [0.4, 0.5) is 0 Å². The fourth-order valence-corrected chi connectivity index (χ4v) is 4.66. The summed E-state index contributed by atoms with van der Waals surface area (Å²) in [6, 6.07) is -0.220. The van der Waals surface area contributed by atoms with Crippen molar-refractivity contribution in [1.82, 2.24) is 5.32 Å². The molecular weight excluding hydrogens is 286 g/mol. The Hall–Kier alpha value is -1.36. The third-order valence-corrected chi connectivity index (χ3v) is 5.79. The molecule has 1 fully saturated rings. The number of thiophene rings is 1. The van der Waals surface area contributed by atoms with Crippen LogP contribution in [-0.2, 0) is 17.6 Å². The number of hydrogen-bond donors (Lipinski definition) is 2. The molecule has 5 heteroatoms. The van der Waals surface area contributed by atoms with E-state index in [2.05, 4.69) is 5.32 Å². The SMILES string of the molecule is O=C(NC1CCCCC1C(=O)O)c1csc2c1CCCC2. The van der Waals surface area contributed by atoms with Crippen molar-refractivity contribution in [3.8, 4) is 0 Å². The Morgan fingerprint density at radius 2 is 1.90 bits per heavy atom. The minimum Gasteiger partial charge on any atom is -0.481 e. The monoisotopic (exact) mass is 307 g/mol. The molecule has 2 aliphatic carbocycles. The number of carbonyl (C=O) groups excluding carboxylic acids is 1. The average molecular weight is 307 g/mol. The van der Waals surface area contributed by atoms with Crippen LogP contribution in [0.15, 0.2) is 5.38 Å². The smallest absolute Gasteiger partial charge is 0.308 e. The Bertz CT molecular complexity index is 552. The predicted molar refractivity (Wildman–Crippen MR) is 81.8 cm³/mol. The molecule has 1 aromatic rings. The predicted octanol–water partition coefficient (Wildman–Crippen LogP) is 3.00. The first-order valence-electron chi connectivity index (χ1n) is 7.79. The van der Waals surface area contributed by atoms with E-state index in [1.165, 1.54) is 16.9 Å². The van der Waals surface area contributed by atoms with Crippen molar-refractivity contribution >= 4 is 23.2 Å². The zero-order valence-corrected chi connectivity index (χ0v) is 12.9. The molecule has 2 unspecified atom stereocenters. The van der Waals surface area contributed by atoms with Crippen molar-refractivity contribution in [3.05, 3.63) is 21.4 Å². The highest BCUT2D eigenvalue weighted by atomic mass is 32.1. The van der Waals surface area contributed by atoms with Crippen LogP contribution in [0, 0.1) is 5.92 Å². The molecule has 4 nitrogen and oxygen atoms in total. The van der Waals surface area contributed by atoms with Crippen LogP contribution in [-0.4, -0.2) is 23.0 Å². The molecule has 0 bridgehead atoms. The van der Waals surface area contributed by atoms with Crippen molar-refractivity contribution in [2.24, 2.45) is 5.92 Å². The molecule has 1 saturated carbocycles. The first kappa shape index (κ1) is 14.6. The molecule has 0 spiro atoms. The molecule has 2 N–H and O–H groups in total. The highest BCUT2D eigenvalue weighted by Crippen LogP contribution is 2.31. The van der Waals surface area contributed by atoms with Gasteiger partial charge in [0.2, 0.25) is 0 Å². The molecule has 1 aromatic heterocycles. The number of fused-ring (bicyclic) bond motifs is 1. The summed E-state index contributed by atoms with van der Waals surface area (Å²) in [5.41, 5.74) is 1.98. The van der Waals surface area contributed by atoms with Gasteiger partial charge in [-0.05, 0) is 44.1 Å². The fourth-order valence-electron chi connectivity index (χ4n) is 3.53. The summed E-state index contributed by atoms with van der Waals surface area (Å²) < 4.78 is 0. The van der Waals surface area contributed by atoms with Crippen molar-refractivity contribution in [2.45, 2.75) is 57.4 Å². The lowest BCUT2D eigenvalue weighted by Gasteiger charge is -2.29. The molecule has 21 heavy (non-hydrogen) atoms. The largest absolute Gasteiger partial charge is 0.481 e. The van der Waals surface area contributed by atoms with Gasteiger partial charge < -0.3 is 10.4 Å². The lowest BCUT2D eigenvalue weighted by Crippen LogP contribution is -2.45. The maximum absolute atomic E-state index is 12.5. The van der Waals surface area contributed by atoms with Crippen LogP contribution in [0.3, 0.4) is 0 Å². The van der Waals surface area contributed by atoms with Gasteiger partial charge in [-0.25, -0.2) is 0 Å². The van der Waals surface area contributed by atoms with E-state index in [1.807, 2.05) is 5.38 Å². The van der Waals surface area contributed by atoms with Gasteiger partial charge >= 0.3 is 5.97 Å². The maximum Gasteiger partial charge on any atom is 0.308 e. The summed E-state index contributed by atoms with van der Waals surface area (Å²) in [6.07, 6.45) is 7.79. The number of hydrogen-bond acceptors (Lipinski definition) is 3. The Labute approximate surface area is 128 Å². The minimum absolute atomic E-state index is 0.0763. The van der Waals surface area contributed by atoms with Gasteiger partial charge in [0.25, 0.3) is 5.91 Å². The number of aliphatic carboxylic acids is 1.